The minimum Gasteiger partial charge on any atom is -0.495 e. The number of hydrogen-bond donors (Lipinski definition) is 1. The zero-order chi connectivity index (χ0) is 15.7. The number of aromatic amines is 1. The number of fused-ring (bicyclic) bond motifs is 1. The van der Waals surface area contributed by atoms with Gasteiger partial charge in [0, 0.05) is 19.3 Å². The van der Waals surface area contributed by atoms with Crippen LogP contribution < -0.4 is 15.1 Å². The van der Waals surface area contributed by atoms with E-state index in [0.29, 0.717) is 11.1 Å². The number of anilines is 1. The standard InChI is InChI=1S/C17H19N3O2/c1-11-3-5-20(6-4-11)15-8-14-13(7-16(15)22-2)17(21)12(9-18)10-19-14/h7-8,10-11H,3-6H2,1-2H3,(H,19,21). The second kappa shape index (κ2) is 5.72. The summed E-state index contributed by atoms with van der Waals surface area (Å²) in [5, 5.41) is 9.47. The maximum Gasteiger partial charge on any atom is 0.207 e. The molecule has 2 aromatic rings. The molecule has 0 unspecified atom stereocenters. The minimum absolute atomic E-state index is 0.120. The van der Waals surface area contributed by atoms with Gasteiger partial charge in [0.25, 0.3) is 0 Å². The number of methoxy groups -OCH3 is 1. The van der Waals surface area contributed by atoms with Crippen LogP contribution in [0.3, 0.4) is 0 Å². The van der Waals surface area contributed by atoms with E-state index in [2.05, 4.69) is 16.8 Å². The van der Waals surface area contributed by atoms with Gasteiger partial charge in [0.1, 0.15) is 17.4 Å². The van der Waals surface area contributed by atoms with Crippen molar-refractivity contribution < 1.29 is 4.74 Å². The maximum absolute atomic E-state index is 12.2. The molecule has 1 aromatic carbocycles. The Bertz CT molecular complexity index is 796. The van der Waals surface area contributed by atoms with Gasteiger partial charge in [-0.15, -0.1) is 0 Å². The van der Waals surface area contributed by atoms with Crippen LogP contribution in [0.2, 0.25) is 0 Å². The summed E-state index contributed by atoms with van der Waals surface area (Å²) >= 11 is 0. The van der Waals surface area contributed by atoms with Gasteiger partial charge in [0.15, 0.2) is 0 Å². The van der Waals surface area contributed by atoms with Crippen LogP contribution in [-0.2, 0) is 0 Å². The normalized spacial score (nSPS) is 15.8. The van der Waals surface area contributed by atoms with E-state index in [0.717, 1.165) is 43.1 Å². The predicted molar refractivity (Wildman–Crippen MR) is 86.4 cm³/mol. The van der Waals surface area contributed by atoms with E-state index in [1.165, 1.54) is 6.20 Å². The molecule has 5 nitrogen and oxygen atoms in total. The maximum atomic E-state index is 12.2. The summed E-state index contributed by atoms with van der Waals surface area (Å²) < 4.78 is 5.48. The van der Waals surface area contributed by atoms with Gasteiger partial charge in [-0.25, -0.2) is 0 Å². The second-order valence-electron chi connectivity index (χ2n) is 5.88. The summed E-state index contributed by atoms with van der Waals surface area (Å²) in [5.41, 5.74) is 1.60. The fourth-order valence-corrected chi connectivity index (χ4v) is 2.98. The van der Waals surface area contributed by atoms with Gasteiger partial charge in [-0.1, -0.05) is 6.92 Å². The Kier molecular flexibility index (Phi) is 3.76. The van der Waals surface area contributed by atoms with Crippen LogP contribution in [0.4, 0.5) is 5.69 Å². The molecule has 3 rings (SSSR count). The first-order chi connectivity index (χ1) is 10.6. The Morgan fingerprint density at radius 3 is 2.73 bits per heavy atom. The second-order valence-corrected chi connectivity index (χ2v) is 5.88. The molecule has 5 heteroatoms. The first-order valence-corrected chi connectivity index (χ1v) is 7.52. The van der Waals surface area contributed by atoms with E-state index < -0.39 is 0 Å². The van der Waals surface area contributed by atoms with E-state index in [1.54, 1.807) is 13.2 Å². The number of nitrogens with one attached hydrogen (secondary N) is 1. The number of nitrogens with zero attached hydrogens (tertiary/aromatic N) is 2. The molecule has 114 valence electrons. The highest BCUT2D eigenvalue weighted by Gasteiger charge is 2.20. The van der Waals surface area contributed by atoms with Gasteiger partial charge in [-0.05, 0) is 30.9 Å². The molecule has 0 bridgehead atoms. The van der Waals surface area contributed by atoms with E-state index in [-0.39, 0.29) is 11.0 Å². The van der Waals surface area contributed by atoms with Crippen molar-refractivity contribution in [3.05, 3.63) is 34.1 Å². The first-order valence-electron chi connectivity index (χ1n) is 7.52. The molecular weight excluding hydrogens is 278 g/mol. The molecule has 0 aliphatic carbocycles. The monoisotopic (exact) mass is 297 g/mol. The molecule has 1 fully saturated rings. The number of nitriles is 1. The lowest BCUT2D eigenvalue weighted by Crippen LogP contribution is -2.33. The molecule has 1 saturated heterocycles. The van der Waals surface area contributed by atoms with Crippen molar-refractivity contribution in [3.63, 3.8) is 0 Å². The minimum atomic E-state index is -0.256. The molecule has 0 radical (unpaired) electrons. The van der Waals surface area contributed by atoms with Crippen LogP contribution in [0.15, 0.2) is 23.1 Å². The molecule has 0 saturated carbocycles. The van der Waals surface area contributed by atoms with Crippen LogP contribution >= 0.6 is 0 Å². The molecular formula is C17H19N3O2. The highest BCUT2D eigenvalue weighted by atomic mass is 16.5. The van der Waals surface area contributed by atoms with Crippen LogP contribution in [0, 0.1) is 17.2 Å². The van der Waals surface area contributed by atoms with Gasteiger partial charge >= 0.3 is 0 Å². The van der Waals surface area contributed by atoms with E-state index in [4.69, 9.17) is 10.00 Å². The van der Waals surface area contributed by atoms with Crippen molar-refractivity contribution in [3.8, 4) is 11.8 Å². The van der Waals surface area contributed by atoms with Gasteiger partial charge < -0.3 is 14.6 Å². The summed E-state index contributed by atoms with van der Waals surface area (Å²) in [6.45, 7) is 4.25. The Morgan fingerprint density at radius 2 is 2.09 bits per heavy atom. The number of aromatic nitrogens is 1. The molecule has 2 heterocycles. The fraction of sp³-hybridized carbons (Fsp3) is 0.412. The quantitative estimate of drug-likeness (QED) is 0.925. The summed E-state index contributed by atoms with van der Waals surface area (Å²) in [5.74, 6) is 1.43. The topological polar surface area (TPSA) is 69.1 Å². The Morgan fingerprint density at radius 1 is 1.36 bits per heavy atom. The van der Waals surface area contributed by atoms with Gasteiger partial charge in [-0.3, -0.25) is 4.79 Å². The zero-order valence-corrected chi connectivity index (χ0v) is 12.8. The third-order valence-electron chi connectivity index (χ3n) is 4.43. The van der Waals surface area contributed by atoms with Gasteiger partial charge in [0.2, 0.25) is 5.43 Å². The summed E-state index contributed by atoms with van der Waals surface area (Å²) in [6.07, 6.45) is 3.79. The number of rotatable bonds is 2. The molecule has 0 spiro atoms. The van der Waals surface area contributed by atoms with E-state index in [1.807, 2.05) is 12.1 Å². The number of benzene rings is 1. The van der Waals surface area contributed by atoms with Crippen molar-refractivity contribution in [2.45, 2.75) is 19.8 Å². The molecule has 1 N–H and O–H groups in total. The van der Waals surface area contributed by atoms with Crippen LogP contribution in [-0.4, -0.2) is 25.2 Å². The van der Waals surface area contributed by atoms with Crippen molar-refractivity contribution >= 4 is 16.6 Å². The average molecular weight is 297 g/mol. The molecule has 22 heavy (non-hydrogen) atoms. The Hall–Kier alpha value is -2.48. The number of pyridine rings is 1. The predicted octanol–water partition coefficient (Wildman–Crippen LogP) is 2.64. The molecule has 1 aliphatic heterocycles. The average Bonchev–Trinajstić information content (AvgIpc) is 2.55. The molecule has 0 atom stereocenters. The van der Waals surface area contributed by atoms with Crippen LogP contribution in [0.25, 0.3) is 10.9 Å². The van der Waals surface area contributed by atoms with Crippen molar-refractivity contribution in [1.29, 1.82) is 5.26 Å². The zero-order valence-electron chi connectivity index (χ0n) is 12.8. The lowest BCUT2D eigenvalue weighted by molar-refractivity contribution is 0.404. The molecule has 0 amide bonds. The Labute approximate surface area is 129 Å². The summed E-state index contributed by atoms with van der Waals surface area (Å²) in [4.78, 5) is 17.6. The number of H-pyrrole nitrogens is 1. The number of ether oxygens (including phenoxy) is 1. The van der Waals surface area contributed by atoms with Gasteiger partial charge in [-0.2, -0.15) is 5.26 Å². The lowest BCUT2D eigenvalue weighted by Gasteiger charge is -2.33. The van der Waals surface area contributed by atoms with Crippen LogP contribution in [0.5, 0.6) is 5.75 Å². The number of hydrogen-bond acceptors (Lipinski definition) is 4. The lowest BCUT2D eigenvalue weighted by atomic mass is 9.98. The summed E-state index contributed by atoms with van der Waals surface area (Å²) in [7, 11) is 1.61. The largest absolute Gasteiger partial charge is 0.495 e. The first kappa shape index (κ1) is 14.5. The fourth-order valence-electron chi connectivity index (χ4n) is 2.98. The van der Waals surface area contributed by atoms with Gasteiger partial charge in [0.05, 0.1) is 23.7 Å². The smallest absolute Gasteiger partial charge is 0.207 e. The van der Waals surface area contributed by atoms with Crippen molar-refractivity contribution in [2.75, 3.05) is 25.1 Å². The third-order valence-corrected chi connectivity index (χ3v) is 4.43. The third kappa shape index (κ3) is 2.41. The SMILES string of the molecule is COc1cc2c(=O)c(C#N)c[nH]c2cc1N1CCC(C)CC1. The van der Waals surface area contributed by atoms with E-state index in [9.17, 15) is 4.79 Å². The van der Waals surface area contributed by atoms with Crippen molar-refractivity contribution in [1.82, 2.24) is 4.98 Å². The highest BCUT2D eigenvalue weighted by Crippen LogP contribution is 2.34. The molecule has 1 aliphatic rings. The number of piperidine rings is 1. The molecule has 1 aromatic heterocycles. The highest BCUT2D eigenvalue weighted by molar-refractivity contribution is 5.86. The van der Waals surface area contributed by atoms with Crippen molar-refractivity contribution in [2.24, 2.45) is 5.92 Å². The van der Waals surface area contributed by atoms with E-state index >= 15 is 0 Å². The summed E-state index contributed by atoms with van der Waals surface area (Å²) in [6, 6.07) is 5.60. The Balaban J connectivity index is 2.12. The van der Waals surface area contributed by atoms with Crippen LogP contribution in [0.1, 0.15) is 25.3 Å².